The summed E-state index contributed by atoms with van der Waals surface area (Å²) in [5, 5.41) is 3.63. The molecule has 0 amide bonds. The van der Waals surface area contributed by atoms with Crippen molar-refractivity contribution in [2.75, 3.05) is 13.6 Å². The zero-order chi connectivity index (χ0) is 13.2. The average molecular weight is 277 g/mol. The van der Waals surface area contributed by atoms with Crippen molar-refractivity contribution in [1.29, 1.82) is 0 Å². The van der Waals surface area contributed by atoms with Gasteiger partial charge >= 0.3 is 0 Å². The molecule has 2 N–H and O–H groups in total. The first-order chi connectivity index (χ1) is 7.76. The highest BCUT2D eigenvalue weighted by Crippen LogP contribution is 2.22. The van der Waals surface area contributed by atoms with Gasteiger partial charge in [-0.05, 0) is 13.8 Å². The number of aryl methyl sites for hydroxylation is 2. The summed E-state index contributed by atoms with van der Waals surface area (Å²) in [7, 11) is -2.12. The molecule has 0 spiro atoms. The molecule has 0 radical (unpaired) electrons. The first kappa shape index (κ1) is 14.1. The zero-order valence-electron chi connectivity index (χ0n) is 9.93. The molecule has 0 saturated carbocycles. The van der Waals surface area contributed by atoms with Crippen LogP contribution >= 0.6 is 12.2 Å². The van der Waals surface area contributed by atoms with Gasteiger partial charge < -0.3 is 10.3 Å². The molecule has 96 valence electrons. The molecule has 0 aromatic carbocycles. The molecule has 0 aliphatic rings. The molecule has 0 aliphatic carbocycles. The first-order valence-corrected chi connectivity index (χ1v) is 6.79. The van der Waals surface area contributed by atoms with Gasteiger partial charge in [0.15, 0.2) is 5.76 Å². The van der Waals surface area contributed by atoms with Gasteiger partial charge in [-0.25, -0.2) is 12.7 Å². The number of hydrogen-bond acceptors (Lipinski definition) is 5. The Morgan fingerprint density at radius 1 is 1.53 bits per heavy atom. The van der Waals surface area contributed by atoms with Crippen LogP contribution in [-0.2, 0) is 10.0 Å². The van der Waals surface area contributed by atoms with Crippen molar-refractivity contribution in [3.63, 3.8) is 0 Å². The minimum absolute atomic E-state index is 0.114. The van der Waals surface area contributed by atoms with Gasteiger partial charge in [-0.1, -0.05) is 17.4 Å². The summed E-state index contributed by atoms with van der Waals surface area (Å²) in [4.78, 5) is 0.397. The average Bonchev–Trinajstić information content (AvgIpc) is 2.55. The van der Waals surface area contributed by atoms with Crippen molar-refractivity contribution in [3.8, 4) is 0 Å². The molecule has 0 saturated heterocycles. The van der Waals surface area contributed by atoms with Gasteiger partial charge in [0.05, 0.1) is 4.99 Å². The predicted molar refractivity (Wildman–Crippen MR) is 67.2 cm³/mol. The van der Waals surface area contributed by atoms with Gasteiger partial charge in [-0.3, -0.25) is 0 Å². The van der Waals surface area contributed by atoms with Gasteiger partial charge in [0.25, 0.3) is 0 Å². The highest BCUT2D eigenvalue weighted by Gasteiger charge is 2.28. The second kappa shape index (κ2) is 5.11. The Hall–Kier alpha value is -0.990. The molecule has 0 atom stereocenters. The normalized spacial score (nSPS) is 12.0. The molecule has 0 unspecified atom stereocenters. The van der Waals surface area contributed by atoms with Crippen molar-refractivity contribution in [3.05, 3.63) is 11.5 Å². The van der Waals surface area contributed by atoms with Gasteiger partial charge in [-0.15, -0.1) is 0 Å². The van der Waals surface area contributed by atoms with Crippen LogP contribution in [-0.4, -0.2) is 36.5 Å². The Kier molecular flexibility index (Phi) is 4.23. The molecule has 6 nitrogen and oxygen atoms in total. The van der Waals surface area contributed by atoms with E-state index >= 15 is 0 Å². The summed E-state index contributed by atoms with van der Waals surface area (Å²) in [6, 6.07) is 0. The second-order valence-corrected chi connectivity index (χ2v) is 6.20. The van der Waals surface area contributed by atoms with Gasteiger partial charge in [0.1, 0.15) is 10.6 Å². The molecule has 1 aromatic rings. The monoisotopic (exact) mass is 277 g/mol. The number of nitrogens with two attached hydrogens (primary N) is 1. The number of hydrogen-bond donors (Lipinski definition) is 1. The lowest BCUT2D eigenvalue weighted by Crippen LogP contribution is -2.30. The van der Waals surface area contributed by atoms with Crippen LogP contribution in [0.3, 0.4) is 0 Å². The fourth-order valence-corrected chi connectivity index (χ4v) is 2.93. The molecule has 1 rings (SSSR count). The van der Waals surface area contributed by atoms with E-state index in [2.05, 4.69) is 5.16 Å². The van der Waals surface area contributed by atoms with Gasteiger partial charge in [0, 0.05) is 20.0 Å². The lowest BCUT2D eigenvalue weighted by atomic mass is 10.4. The molecule has 0 aliphatic heterocycles. The van der Waals surface area contributed by atoms with Crippen LogP contribution in [0.5, 0.6) is 0 Å². The van der Waals surface area contributed by atoms with Crippen LogP contribution in [0.2, 0.25) is 0 Å². The molecular weight excluding hydrogens is 262 g/mol. The van der Waals surface area contributed by atoms with E-state index in [9.17, 15) is 8.42 Å². The van der Waals surface area contributed by atoms with Crippen LogP contribution in [0, 0.1) is 13.8 Å². The van der Waals surface area contributed by atoms with E-state index in [0.29, 0.717) is 12.1 Å². The third kappa shape index (κ3) is 3.02. The van der Waals surface area contributed by atoms with Crippen molar-refractivity contribution >= 4 is 27.2 Å². The lowest BCUT2D eigenvalue weighted by molar-refractivity contribution is 0.390. The Labute approximate surface area is 106 Å². The highest BCUT2D eigenvalue weighted by atomic mass is 32.2. The maximum atomic E-state index is 12.2. The molecule has 8 heteroatoms. The van der Waals surface area contributed by atoms with Crippen LogP contribution < -0.4 is 5.73 Å². The Morgan fingerprint density at radius 2 is 2.12 bits per heavy atom. The minimum Gasteiger partial charge on any atom is -0.393 e. The number of rotatable bonds is 5. The third-order valence-corrected chi connectivity index (χ3v) is 4.62. The first-order valence-electron chi connectivity index (χ1n) is 4.94. The topological polar surface area (TPSA) is 89.4 Å². The van der Waals surface area contributed by atoms with E-state index in [4.69, 9.17) is 22.5 Å². The van der Waals surface area contributed by atoms with E-state index in [-0.39, 0.29) is 22.2 Å². The van der Waals surface area contributed by atoms with Crippen LogP contribution in [0.4, 0.5) is 0 Å². The van der Waals surface area contributed by atoms with Crippen LogP contribution in [0.15, 0.2) is 9.42 Å². The maximum absolute atomic E-state index is 12.2. The fourth-order valence-electron chi connectivity index (χ4n) is 1.39. The third-order valence-electron chi connectivity index (χ3n) is 2.31. The van der Waals surface area contributed by atoms with Crippen molar-refractivity contribution in [2.24, 2.45) is 5.73 Å². The molecular formula is C9H15N3O3S2. The standard InChI is InChI=1S/C9H15N3O3S2/c1-6-9(7(2)15-11-6)17(13,14)12(3)5-4-8(10)16/h4-5H2,1-3H3,(H2,10,16). The zero-order valence-corrected chi connectivity index (χ0v) is 11.6. The SMILES string of the molecule is Cc1noc(C)c1S(=O)(=O)N(C)CCC(N)=S. The number of nitrogens with zero attached hydrogens (tertiary/aromatic N) is 2. The van der Waals surface area contributed by atoms with Crippen molar-refractivity contribution in [2.45, 2.75) is 25.2 Å². The minimum atomic E-state index is -3.59. The number of aromatic nitrogens is 1. The van der Waals surface area contributed by atoms with Crippen molar-refractivity contribution in [1.82, 2.24) is 9.46 Å². The Bertz CT molecular complexity index is 502. The second-order valence-electron chi connectivity index (χ2n) is 3.70. The molecule has 1 aromatic heterocycles. The van der Waals surface area contributed by atoms with Crippen LogP contribution in [0.1, 0.15) is 17.9 Å². The molecule has 1 heterocycles. The van der Waals surface area contributed by atoms with E-state index in [0.717, 1.165) is 0 Å². The van der Waals surface area contributed by atoms with E-state index < -0.39 is 10.0 Å². The quantitative estimate of drug-likeness (QED) is 0.792. The summed E-state index contributed by atoms with van der Waals surface area (Å²) < 4.78 is 30.4. The fraction of sp³-hybridized carbons (Fsp3) is 0.556. The van der Waals surface area contributed by atoms with E-state index in [1.165, 1.54) is 11.4 Å². The smallest absolute Gasteiger partial charge is 0.248 e. The summed E-state index contributed by atoms with van der Waals surface area (Å²) >= 11 is 4.71. The summed E-state index contributed by atoms with van der Waals surface area (Å²) in [5.41, 5.74) is 5.69. The molecule has 0 fully saturated rings. The largest absolute Gasteiger partial charge is 0.393 e. The molecule has 17 heavy (non-hydrogen) atoms. The van der Waals surface area contributed by atoms with Crippen molar-refractivity contribution < 1.29 is 12.9 Å². The number of sulfonamides is 1. The highest BCUT2D eigenvalue weighted by molar-refractivity contribution is 7.89. The lowest BCUT2D eigenvalue weighted by Gasteiger charge is -2.16. The van der Waals surface area contributed by atoms with Gasteiger partial charge in [-0.2, -0.15) is 0 Å². The van der Waals surface area contributed by atoms with E-state index in [1.807, 2.05) is 0 Å². The predicted octanol–water partition coefficient (Wildman–Crippen LogP) is 0.588. The summed E-state index contributed by atoms with van der Waals surface area (Å²) in [5.74, 6) is 0.282. The number of thiocarbonyl (C=S) groups is 1. The molecule has 0 bridgehead atoms. The Balaban J connectivity index is 2.99. The summed E-state index contributed by atoms with van der Waals surface area (Å²) in [6.45, 7) is 3.39. The van der Waals surface area contributed by atoms with Crippen LogP contribution in [0.25, 0.3) is 0 Å². The van der Waals surface area contributed by atoms with E-state index in [1.54, 1.807) is 13.8 Å². The van der Waals surface area contributed by atoms with Gasteiger partial charge in [0.2, 0.25) is 10.0 Å². The Morgan fingerprint density at radius 3 is 2.53 bits per heavy atom. The maximum Gasteiger partial charge on any atom is 0.248 e. The summed E-state index contributed by atoms with van der Waals surface area (Å²) in [6.07, 6.45) is 0.342.